The minimum atomic E-state index is 0.0733. The van der Waals surface area contributed by atoms with E-state index in [1.54, 1.807) is 0 Å². The number of rotatable bonds is 3. The minimum absolute atomic E-state index is 0.0733. The summed E-state index contributed by atoms with van der Waals surface area (Å²) in [7, 11) is 2.12. The Morgan fingerprint density at radius 1 is 1.52 bits per heavy atom. The first kappa shape index (κ1) is 16.0. The van der Waals surface area contributed by atoms with Gasteiger partial charge in [-0.15, -0.1) is 11.3 Å². The lowest BCUT2D eigenvalue weighted by atomic mass is 10.1. The minimum Gasteiger partial charge on any atom is -0.395 e. The van der Waals surface area contributed by atoms with Crippen LogP contribution in [0.25, 0.3) is 0 Å². The Hall–Kier alpha value is -1.35. The van der Waals surface area contributed by atoms with Crippen molar-refractivity contribution < 1.29 is 9.90 Å². The lowest BCUT2D eigenvalue weighted by molar-refractivity contribution is 0.0542. The predicted octanol–water partition coefficient (Wildman–Crippen LogP) is 1.65. The second kappa shape index (κ2) is 7.60. The van der Waals surface area contributed by atoms with Crippen molar-refractivity contribution in [1.82, 2.24) is 9.80 Å². The summed E-state index contributed by atoms with van der Waals surface area (Å²) in [4.78, 5) is 17.7. The Kier molecular flexibility index (Phi) is 5.80. The molecule has 0 bridgehead atoms. The normalized spacial score (nSPS) is 19.2. The average molecular weight is 306 g/mol. The summed E-state index contributed by atoms with van der Waals surface area (Å²) < 4.78 is 0. The number of aliphatic hydroxyl groups excluding tert-OH is 1. The van der Waals surface area contributed by atoms with E-state index < -0.39 is 0 Å². The van der Waals surface area contributed by atoms with E-state index in [0.717, 1.165) is 36.5 Å². The zero-order chi connectivity index (χ0) is 15.2. The van der Waals surface area contributed by atoms with Gasteiger partial charge in [0.25, 0.3) is 5.91 Å². The number of likely N-dealkylation sites (N-methyl/N-ethyl adjacent to an activating group) is 1. The summed E-state index contributed by atoms with van der Waals surface area (Å²) in [5.74, 6) is 5.97. The van der Waals surface area contributed by atoms with E-state index >= 15 is 0 Å². The van der Waals surface area contributed by atoms with Crippen LogP contribution in [-0.2, 0) is 0 Å². The molecule has 0 saturated carbocycles. The van der Waals surface area contributed by atoms with Crippen molar-refractivity contribution in [3.63, 3.8) is 0 Å². The zero-order valence-corrected chi connectivity index (χ0v) is 13.4. The van der Waals surface area contributed by atoms with Gasteiger partial charge >= 0.3 is 0 Å². The molecule has 0 radical (unpaired) electrons. The third kappa shape index (κ3) is 4.07. The van der Waals surface area contributed by atoms with Crippen LogP contribution >= 0.6 is 11.3 Å². The van der Waals surface area contributed by atoms with E-state index in [1.807, 2.05) is 16.3 Å². The highest BCUT2D eigenvalue weighted by Crippen LogP contribution is 2.18. The summed E-state index contributed by atoms with van der Waals surface area (Å²) in [5, 5.41) is 10.6. The molecule has 0 aromatic carbocycles. The van der Waals surface area contributed by atoms with E-state index in [-0.39, 0.29) is 12.5 Å². The van der Waals surface area contributed by atoms with Crippen LogP contribution in [0.15, 0.2) is 11.4 Å². The van der Waals surface area contributed by atoms with Crippen LogP contribution in [0.5, 0.6) is 0 Å². The highest BCUT2D eigenvalue weighted by molar-refractivity contribution is 7.10. The quantitative estimate of drug-likeness (QED) is 0.864. The van der Waals surface area contributed by atoms with Crippen molar-refractivity contribution in [1.29, 1.82) is 0 Å². The largest absolute Gasteiger partial charge is 0.395 e. The molecule has 1 aliphatic rings. The van der Waals surface area contributed by atoms with Crippen molar-refractivity contribution in [2.24, 2.45) is 0 Å². The maximum atomic E-state index is 12.5. The third-order valence-corrected chi connectivity index (χ3v) is 4.68. The Labute approximate surface area is 130 Å². The molecule has 1 amide bonds. The average Bonchev–Trinajstić information content (AvgIpc) is 2.96. The molecule has 1 aromatic rings. The number of hydrogen-bond acceptors (Lipinski definition) is 4. The van der Waals surface area contributed by atoms with E-state index in [4.69, 9.17) is 5.11 Å². The standard InChI is InChI=1S/C16H22N2O2S/c1-3-14-11-18(8-7-17(14)2)16(20)13-10-15(21-12-13)6-4-5-9-19/h10,12,14,19H,3,5,7-9,11H2,1-2H3. The molecule has 0 aliphatic carbocycles. The molecule has 1 unspecified atom stereocenters. The summed E-state index contributed by atoms with van der Waals surface area (Å²) in [6, 6.07) is 2.31. The van der Waals surface area contributed by atoms with Gasteiger partial charge in [-0.2, -0.15) is 0 Å². The molecule has 2 heterocycles. The van der Waals surface area contributed by atoms with Crippen molar-refractivity contribution >= 4 is 17.2 Å². The van der Waals surface area contributed by atoms with Gasteiger partial charge in [0.15, 0.2) is 0 Å². The third-order valence-electron chi connectivity index (χ3n) is 3.83. The van der Waals surface area contributed by atoms with Gasteiger partial charge in [0, 0.05) is 37.5 Å². The number of thiophene rings is 1. The Morgan fingerprint density at radius 2 is 2.33 bits per heavy atom. The molecular formula is C16H22N2O2S. The number of amides is 1. The molecular weight excluding hydrogens is 284 g/mol. The lowest BCUT2D eigenvalue weighted by Crippen LogP contribution is -2.52. The second-order valence-corrected chi connectivity index (χ2v) is 6.18. The van der Waals surface area contributed by atoms with Crippen molar-refractivity contribution in [3.8, 4) is 11.8 Å². The molecule has 1 aliphatic heterocycles. The molecule has 1 N–H and O–H groups in total. The van der Waals surface area contributed by atoms with Crippen molar-refractivity contribution in [2.75, 3.05) is 33.3 Å². The van der Waals surface area contributed by atoms with E-state index in [0.29, 0.717) is 12.5 Å². The molecule has 1 saturated heterocycles. The number of carbonyl (C=O) groups excluding carboxylic acids is 1. The van der Waals surface area contributed by atoms with Crippen LogP contribution < -0.4 is 0 Å². The Morgan fingerprint density at radius 3 is 3.05 bits per heavy atom. The number of hydrogen-bond donors (Lipinski definition) is 1. The molecule has 1 aromatic heterocycles. The molecule has 1 fully saturated rings. The van der Waals surface area contributed by atoms with E-state index in [2.05, 4.69) is 30.7 Å². The van der Waals surface area contributed by atoms with Gasteiger partial charge < -0.3 is 10.0 Å². The molecule has 21 heavy (non-hydrogen) atoms. The highest BCUT2D eigenvalue weighted by atomic mass is 32.1. The van der Waals surface area contributed by atoms with Gasteiger partial charge in [-0.3, -0.25) is 9.69 Å². The molecule has 4 nitrogen and oxygen atoms in total. The smallest absolute Gasteiger partial charge is 0.254 e. The highest BCUT2D eigenvalue weighted by Gasteiger charge is 2.27. The number of carbonyl (C=O) groups is 1. The number of aliphatic hydroxyl groups is 1. The molecule has 114 valence electrons. The van der Waals surface area contributed by atoms with Crippen LogP contribution in [0, 0.1) is 11.8 Å². The maximum absolute atomic E-state index is 12.5. The van der Waals surface area contributed by atoms with Crippen LogP contribution in [0.4, 0.5) is 0 Å². The maximum Gasteiger partial charge on any atom is 0.254 e. The fourth-order valence-corrected chi connectivity index (χ4v) is 3.22. The van der Waals surface area contributed by atoms with Gasteiger partial charge in [-0.25, -0.2) is 0 Å². The Bertz CT molecular complexity index is 544. The van der Waals surface area contributed by atoms with Gasteiger partial charge in [-0.05, 0) is 19.5 Å². The van der Waals surface area contributed by atoms with Gasteiger partial charge in [0.2, 0.25) is 0 Å². The fourth-order valence-electron chi connectivity index (χ4n) is 2.47. The monoisotopic (exact) mass is 306 g/mol. The first-order chi connectivity index (χ1) is 10.2. The van der Waals surface area contributed by atoms with Gasteiger partial charge in [0.1, 0.15) is 0 Å². The summed E-state index contributed by atoms with van der Waals surface area (Å²) in [5.41, 5.74) is 0.729. The van der Waals surface area contributed by atoms with Crippen molar-refractivity contribution in [2.45, 2.75) is 25.8 Å². The van der Waals surface area contributed by atoms with Crippen molar-refractivity contribution in [3.05, 3.63) is 21.9 Å². The summed E-state index contributed by atoms with van der Waals surface area (Å²) in [6.07, 6.45) is 1.53. The molecule has 1 atom stereocenters. The van der Waals surface area contributed by atoms with Gasteiger partial charge in [-0.1, -0.05) is 18.8 Å². The zero-order valence-electron chi connectivity index (χ0n) is 12.6. The second-order valence-electron chi connectivity index (χ2n) is 5.27. The molecule has 2 rings (SSSR count). The van der Waals surface area contributed by atoms with Crippen LogP contribution in [0.2, 0.25) is 0 Å². The molecule has 5 heteroatoms. The lowest BCUT2D eigenvalue weighted by Gasteiger charge is -2.39. The summed E-state index contributed by atoms with van der Waals surface area (Å²) in [6.45, 7) is 4.75. The van der Waals surface area contributed by atoms with Crippen LogP contribution in [0.1, 0.15) is 35.0 Å². The SMILES string of the molecule is CCC1CN(C(=O)c2csc(C#CCCO)c2)CCN1C. The first-order valence-corrected chi connectivity index (χ1v) is 8.21. The van der Waals surface area contributed by atoms with E-state index in [1.165, 1.54) is 11.3 Å². The predicted molar refractivity (Wildman–Crippen MR) is 85.5 cm³/mol. The van der Waals surface area contributed by atoms with Gasteiger partial charge in [0.05, 0.1) is 17.0 Å². The van der Waals surface area contributed by atoms with Crippen LogP contribution in [0.3, 0.4) is 0 Å². The summed E-state index contributed by atoms with van der Waals surface area (Å²) >= 11 is 1.49. The number of nitrogens with zero attached hydrogens (tertiary/aromatic N) is 2. The fraction of sp³-hybridized carbons (Fsp3) is 0.562. The Balaban J connectivity index is 2.02. The number of piperazine rings is 1. The van der Waals surface area contributed by atoms with Crippen LogP contribution in [-0.4, -0.2) is 60.1 Å². The molecule has 0 spiro atoms. The first-order valence-electron chi connectivity index (χ1n) is 7.33. The topological polar surface area (TPSA) is 43.8 Å². The van der Waals surface area contributed by atoms with E-state index in [9.17, 15) is 4.79 Å².